The van der Waals surface area contributed by atoms with Gasteiger partial charge in [-0.25, -0.2) is 4.79 Å². The highest BCUT2D eigenvalue weighted by atomic mass is 16.8. The van der Waals surface area contributed by atoms with Crippen molar-refractivity contribution in [3.05, 3.63) is 12.2 Å². The van der Waals surface area contributed by atoms with E-state index < -0.39 is 235 Å². The van der Waals surface area contributed by atoms with E-state index in [1.54, 1.807) is 6.08 Å². The Morgan fingerprint density at radius 3 is 1.64 bits per heavy atom. The molecule has 33 heteroatoms. The van der Waals surface area contributed by atoms with Crippen LogP contribution in [0, 0.1) is 0 Å². The summed E-state index contributed by atoms with van der Waals surface area (Å²) in [5.41, 5.74) is 6.20. The molecule has 0 aromatic carbocycles. The molecule has 2 amide bonds. The number of hydrogen-bond donors (Lipinski definition) is 20. The summed E-state index contributed by atoms with van der Waals surface area (Å²) in [6, 6.07) is -4.71. The summed E-state index contributed by atoms with van der Waals surface area (Å²) in [6.45, 7) is -1.77. The van der Waals surface area contributed by atoms with Gasteiger partial charge in [0, 0.05) is 20.3 Å². The Labute approximate surface area is 508 Å². The van der Waals surface area contributed by atoms with Crippen LogP contribution in [0.4, 0.5) is 0 Å². The Kier molecular flexibility index (Phi) is 31.4. The normalized spacial score (nSPS) is 39.6. The van der Waals surface area contributed by atoms with Crippen LogP contribution in [0.25, 0.3) is 0 Å². The molecule has 0 aromatic rings. The van der Waals surface area contributed by atoms with E-state index in [1.165, 1.54) is 51.0 Å². The van der Waals surface area contributed by atoms with E-state index in [4.69, 9.17) is 53.1 Å². The third-order valence-electron chi connectivity index (χ3n) is 16.3. The molecular formula is C55H97N3O30. The lowest BCUT2D eigenvalue weighted by Gasteiger charge is -2.52. The van der Waals surface area contributed by atoms with Gasteiger partial charge in [-0.3, -0.25) is 9.59 Å². The highest BCUT2D eigenvalue weighted by Gasteiger charge is 2.62. The summed E-state index contributed by atoms with van der Waals surface area (Å²) in [5.74, 6) is -7.28. The predicted molar refractivity (Wildman–Crippen MR) is 295 cm³/mol. The van der Waals surface area contributed by atoms with E-state index in [-0.39, 0.29) is 0 Å². The van der Waals surface area contributed by atoms with Crippen LogP contribution in [0.3, 0.4) is 0 Å². The molecule has 0 spiro atoms. The number of aliphatic hydroxyl groups is 16. The third kappa shape index (κ3) is 19.8. The molecule has 28 atom stereocenters. The summed E-state index contributed by atoms with van der Waals surface area (Å²) in [6.07, 6.45) is -32.9. The number of carbonyl (C=O) groups excluding carboxylic acids is 2. The molecule has 5 aliphatic heterocycles. The Morgan fingerprint density at radius 2 is 1.07 bits per heavy atom. The molecule has 21 N–H and O–H groups in total. The van der Waals surface area contributed by atoms with Gasteiger partial charge in [0.1, 0.15) is 116 Å². The van der Waals surface area contributed by atoms with Crippen LogP contribution in [-0.4, -0.2) is 315 Å². The molecule has 33 nitrogen and oxygen atoms in total. The van der Waals surface area contributed by atoms with Crippen molar-refractivity contribution in [2.45, 2.75) is 275 Å². The first kappa shape index (κ1) is 75.8. The number of nitrogens with one attached hydrogen (secondary N) is 2. The van der Waals surface area contributed by atoms with Crippen molar-refractivity contribution in [2.24, 2.45) is 5.73 Å². The van der Waals surface area contributed by atoms with Gasteiger partial charge in [-0.2, -0.15) is 0 Å². The first-order chi connectivity index (χ1) is 41.8. The minimum Gasteiger partial charge on any atom is -0.477 e. The number of ether oxygens (including phenoxy) is 10. The Hall–Kier alpha value is -2.93. The molecule has 0 bridgehead atoms. The molecule has 0 radical (unpaired) electrons. The van der Waals surface area contributed by atoms with E-state index in [9.17, 15) is 101 Å². The number of aliphatic carboxylic acids is 1. The van der Waals surface area contributed by atoms with Crippen LogP contribution in [-0.2, 0) is 61.8 Å². The molecule has 88 heavy (non-hydrogen) atoms. The molecule has 512 valence electrons. The van der Waals surface area contributed by atoms with Crippen LogP contribution in [0.5, 0.6) is 0 Å². The highest BCUT2D eigenvalue weighted by Crippen LogP contribution is 2.41. The summed E-state index contributed by atoms with van der Waals surface area (Å²) < 4.78 is 58.9. The molecule has 5 heterocycles. The largest absolute Gasteiger partial charge is 0.477 e. The van der Waals surface area contributed by atoms with Crippen molar-refractivity contribution in [1.82, 2.24) is 10.6 Å². The highest BCUT2D eigenvalue weighted by molar-refractivity contribution is 5.76. The second-order valence-electron chi connectivity index (χ2n) is 23.1. The standard InChI is InChI=1S/C55H97N3O30/c1-4-5-6-7-8-9-10-11-12-13-14-15-16-17-28(66)27(56)24-79-51-43(75)41(73)45(33(22-62)82-51)84-53-44(76)49(88-55(54(77)78)18-29(67)35(57-25(2)64)48(87-55)37(69)30(68)19-59)46(34(23-63)83-53)85-50-36(58-26(3)65)47(39(71)32(21-61)80-50)86-52-42(74)40(72)38(70)31(20-60)81-52/h16-17,27-53,59-63,66-76H,4-15,18-24,56H2,1-3H3,(H,57,64)(H,58,65)(H,77,78)/b17-16+/t27-,28+,29-,30+,31+,32+,33+,34+,35+,36+,37+,38-,39-,40-,41+,42+,43+,44+,45+,46-,47+,48+,49+,50-,51-,52-,53-,55-/m0/s1. The first-order valence-corrected chi connectivity index (χ1v) is 30.1. The zero-order chi connectivity index (χ0) is 65.2. The molecule has 0 saturated carbocycles. The lowest BCUT2D eigenvalue weighted by atomic mass is 9.88. The van der Waals surface area contributed by atoms with Gasteiger partial charge in [0.15, 0.2) is 25.2 Å². The second kappa shape index (κ2) is 36.5. The van der Waals surface area contributed by atoms with Gasteiger partial charge < -0.3 is 151 Å². The fourth-order valence-electron chi connectivity index (χ4n) is 11.3. The van der Waals surface area contributed by atoms with Gasteiger partial charge >= 0.3 is 5.97 Å². The number of aliphatic hydroxyl groups excluding tert-OH is 16. The van der Waals surface area contributed by atoms with E-state index in [1.807, 2.05) is 0 Å². The summed E-state index contributed by atoms with van der Waals surface area (Å²) >= 11 is 0. The zero-order valence-corrected chi connectivity index (χ0v) is 49.7. The molecule has 5 rings (SSSR count). The van der Waals surface area contributed by atoms with Crippen LogP contribution in [0.2, 0.25) is 0 Å². The molecule has 0 aromatic heterocycles. The number of allylic oxidation sites excluding steroid dienone is 1. The number of carboxylic acid groups (broad SMARTS) is 1. The monoisotopic (exact) mass is 1280 g/mol. The number of rotatable bonds is 35. The minimum absolute atomic E-state index is 0.457. The van der Waals surface area contributed by atoms with E-state index >= 15 is 0 Å². The maximum Gasteiger partial charge on any atom is 0.364 e. The molecule has 5 aliphatic rings. The fourth-order valence-corrected chi connectivity index (χ4v) is 11.3. The van der Waals surface area contributed by atoms with Crippen LogP contribution < -0.4 is 16.4 Å². The topological polar surface area (TPSA) is 538 Å². The van der Waals surface area contributed by atoms with Crippen molar-refractivity contribution in [3.63, 3.8) is 0 Å². The summed E-state index contributed by atoms with van der Waals surface area (Å²) in [7, 11) is 0. The zero-order valence-electron chi connectivity index (χ0n) is 49.7. The molecule has 0 unspecified atom stereocenters. The van der Waals surface area contributed by atoms with Gasteiger partial charge in [0.25, 0.3) is 5.79 Å². The van der Waals surface area contributed by atoms with Gasteiger partial charge in [0.2, 0.25) is 11.8 Å². The van der Waals surface area contributed by atoms with Crippen molar-refractivity contribution >= 4 is 17.8 Å². The SMILES string of the molecule is CCCCCCCCCCCCC/C=C/[C@@H](O)[C@@H](N)CO[C@H]1O[C@H](CO)[C@@H](O[C@@H]2O[C@H](CO)[C@H](O[C@@H]3O[C@H](CO)[C@H](O)[C@H](O[C@@H]4O[C@H](CO)[C@H](O)[C@H](O)[C@H]4O)[C@H]3NC(C)=O)[C@H](O[C@]3(C(=O)O)C[C@H](O)[C@@H](NC(C)=O)[C@H]([C@H](O)[C@H](O)CO)O3)[C@H]2O)[C@H](O)[C@H]1O. The van der Waals surface area contributed by atoms with Crippen molar-refractivity contribution in [1.29, 1.82) is 0 Å². The average Bonchev–Trinajstić information content (AvgIpc) is 1.10. The molecule has 0 aliphatic carbocycles. The van der Waals surface area contributed by atoms with E-state index in [0.717, 1.165) is 39.5 Å². The van der Waals surface area contributed by atoms with Crippen LogP contribution in [0.1, 0.15) is 104 Å². The van der Waals surface area contributed by atoms with Gasteiger partial charge in [-0.15, -0.1) is 0 Å². The van der Waals surface area contributed by atoms with Crippen molar-refractivity contribution in [2.75, 3.05) is 39.6 Å². The quantitative estimate of drug-likeness (QED) is 0.0207. The average molecular weight is 1280 g/mol. The van der Waals surface area contributed by atoms with Gasteiger partial charge in [0.05, 0.1) is 63.9 Å². The van der Waals surface area contributed by atoms with E-state index in [2.05, 4.69) is 17.6 Å². The first-order valence-electron chi connectivity index (χ1n) is 30.1. The second-order valence-corrected chi connectivity index (χ2v) is 23.1. The smallest absolute Gasteiger partial charge is 0.364 e. The summed E-state index contributed by atoms with van der Waals surface area (Å²) in [4.78, 5) is 38.9. The number of unbranched alkanes of at least 4 members (excludes halogenated alkanes) is 11. The number of amides is 2. The Bertz CT molecular complexity index is 2090. The lowest BCUT2D eigenvalue weighted by Crippen LogP contribution is -2.72. The molecule has 5 fully saturated rings. The van der Waals surface area contributed by atoms with Gasteiger partial charge in [-0.1, -0.05) is 83.3 Å². The fraction of sp³-hybridized carbons (Fsp3) is 0.909. The van der Waals surface area contributed by atoms with Gasteiger partial charge in [-0.05, 0) is 12.8 Å². The summed E-state index contributed by atoms with van der Waals surface area (Å²) in [5, 5.41) is 190. The number of nitrogens with two attached hydrogens (primary N) is 1. The van der Waals surface area contributed by atoms with Crippen molar-refractivity contribution < 1.29 is 149 Å². The van der Waals surface area contributed by atoms with E-state index in [0.29, 0.717) is 6.42 Å². The van der Waals surface area contributed by atoms with Crippen molar-refractivity contribution in [3.8, 4) is 0 Å². The number of hydrogen-bond acceptors (Lipinski definition) is 30. The van der Waals surface area contributed by atoms with Crippen LogP contribution in [0.15, 0.2) is 12.2 Å². The predicted octanol–water partition coefficient (Wildman–Crippen LogP) is -7.46. The minimum atomic E-state index is -3.36. The van der Waals surface area contributed by atoms with Crippen LogP contribution >= 0.6 is 0 Å². The Morgan fingerprint density at radius 1 is 0.580 bits per heavy atom. The maximum absolute atomic E-state index is 13.6. The lowest BCUT2D eigenvalue weighted by molar-refractivity contribution is -0.403. The molecular weight excluding hydrogens is 1180 g/mol. The molecule has 5 saturated heterocycles. The Balaban J connectivity index is 1.42. The maximum atomic E-state index is 13.6. The third-order valence-corrected chi connectivity index (χ3v) is 16.3. The number of carbonyl (C=O) groups is 3. The number of carboxylic acids is 1.